The van der Waals surface area contributed by atoms with E-state index in [1.165, 1.54) is 19.3 Å². The highest BCUT2D eigenvalue weighted by molar-refractivity contribution is 6.07. The quantitative estimate of drug-likeness (QED) is 0.669. The Morgan fingerprint density at radius 1 is 1.03 bits per heavy atom. The van der Waals surface area contributed by atoms with E-state index in [0.29, 0.717) is 11.3 Å². The molecule has 0 unspecified atom stereocenters. The van der Waals surface area contributed by atoms with Crippen LogP contribution >= 0.6 is 0 Å². The second kappa shape index (κ2) is 9.13. The molecule has 1 aliphatic carbocycles. The molecule has 0 N–H and O–H groups in total. The number of nitrogens with zero attached hydrogens (tertiary/aromatic N) is 2. The molecule has 2 aromatic rings. The molecule has 4 rings (SSSR count). The van der Waals surface area contributed by atoms with Crippen molar-refractivity contribution in [3.05, 3.63) is 59.7 Å². The van der Waals surface area contributed by atoms with Crippen molar-refractivity contribution in [2.24, 2.45) is 0 Å². The van der Waals surface area contributed by atoms with E-state index < -0.39 is 0 Å². The van der Waals surface area contributed by atoms with E-state index in [0.717, 1.165) is 30.5 Å². The molecule has 5 nitrogen and oxygen atoms in total. The minimum atomic E-state index is -0.0376. The number of ether oxygens (including phenoxy) is 1. The predicted octanol–water partition coefficient (Wildman–Crippen LogP) is 5.36. The Labute approximate surface area is 185 Å². The number of carbonyl (C=O) groups excluding carboxylic acids is 2. The third-order valence-electron chi connectivity index (χ3n) is 6.76. The van der Waals surface area contributed by atoms with Crippen LogP contribution in [0.5, 0.6) is 5.75 Å². The van der Waals surface area contributed by atoms with Crippen LogP contribution in [0.2, 0.25) is 0 Å². The first-order valence-corrected chi connectivity index (χ1v) is 11.4. The monoisotopic (exact) mass is 420 g/mol. The van der Waals surface area contributed by atoms with Crippen LogP contribution in [0.1, 0.15) is 74.3 Å². The Balaban J connectivity index is 1.72. The number of methoxy groups -OCH3 is 1. The van der Waals surface area contributed by atoms with Gasteiger partial charge in [0.25, 0.3) is 5.91 Å². The number of para-hydroxylation sites is 1. The van der Waals surface area contributed by atoms with E-state index in [1.807, 2.05) is 41.3 Å². The first kappa shape index (κ1) is 21.4. The fraction of sp³-hybridized carbons (Fsp3) is 0.462. The van der Waals surface area contributed by atoms with Crippen molar-refractivity contribution in [1.82, 2.24) is 4.90 Å². The smallest absolute Gasteiger partial charge is 0.258 e. The lowest BCUT2D eigenvalue weighted by Crippen LogP contribution is -2.50. The molecular weight excluding hydrogens is 388 g/mol. The van der Waals surface area contributed by atoms with Gasteiger partial charge in [0, 0.05) is 30.3 Å². The van der Waals surface area contributed by atoms with Gasteiger partial charge in [-0.1, -0.05) is 43.5 Å². The number of hydrogen-bond donors (Lipinski definition) is 0. The highest BCUT2D eigenvalue weighted by Crippen LogP contribution is 2.43. The minimum Gasteiger partial charge on any atom is -0.497 e. The molecule has 5 heteroatoms. The summed E-state index contributed by atoms with van der Waals surface area (Å²) in [5.41, 5.74) is 2.58. The fourth-order valence-electron chi connectivity index (χ4n) is 5.34. The number of amides is 2. The van der Waals surface area contributed by atoms with E-state index in [-0.39, 0.29) is 29.9 Å². The van der Waals surface area contributed by atoms with Crippen molar-refractivity contribution in [3.63, 3.8) is 0 Å². The average Bonchev–Trinajstić information content (AvgIpc) is 2.79. The summed E-state index contributed by atoms with van der Waals surface area (Å²) in [6.45, 7) is 3.77. The van der Waals surface area contributed by atoms with Crippen LogP contribution in [0.25, 0.3) is 0 Å². The normalized spacial score (nSPS) is 21.3. The Bertz CT molecular complexity index is 951. The standard InChI is InChI=1S/C26H32N2O3/c1-18-16-25(28(19(2)29)21-11-5-4-6-12-21)23-14-7-8-15-24(23)27(18)26(30)20-10-9-13-22(17-20)31-3/h7-10,13-15,17-18,21,25H,4-6,11-12,16H2,1-3H3/t18-,25+/m0/s1. The molecule has 2 aliphatic rings. The average molecular weight is 421 g/mol. The lowest BCUT2D eigenvalue weighted by atomic mass is 9.86. The summed E-state index contributed by atoms with van der Waals surface area (Å²) in [7, 11) is 1.61. The maximum absolute atomic E-state index is 13.5. The molecule has 0 spiro atoms. The van der Waals surface area contributed by atoms with Gasteiger partial charge in [0.1, 0.15) is 5.75 Å². The van der Waals surface area contributed by atoms with Crippen molar-refractivity contribution in [1.29, 1.82) is 0 Å². The van der Waals surface area contributed by atoms with Crippen LogP contribution in [-0.4, -0.2) is 35.9 Å². The van der Waals surface area contributed by atoms with Crippen molar-refractivity contribution in [2.75, 3.05) is 12.0 Å². The van der Waals surface area contributed by atoms with Crippen molar-refractivity contribution < 1.29 is 14.3 Å². The van der Waals surface area contributed by atoms with Gasteiger partial charge in [0.15, 0.2) is 0 Å². The largest absolute Gasteiger partial charge is 0.497 e. The van der Waals surface area contributed by atoms with E-state index in [1.54, 1.807) is 20.1 Å². The van der Waals surface area contributed by atoms with Crippen molar-refractivity contribution in [2.45, 2.75) is 70.5 Å². The summed E-state index contributed by atoms with van der Waals surface area (Å²) in [6, 6.07) is 15.6. The van der Waals surface area contributed by atoms with Gasteiger partial charge >= 0.3 is 0 Å². The van der Waals surface area contributed by atoms with Crippen molar-refractivity contribution in [3.8, 4) is 5.75 Å². The van der Waals surface area contributed by atoms with Crippen LogP contribution < -0.4 is 9.64 Å². The molecule has 1 fully saturated rings. The summed E-state index contributed by atoms with van der Waals surface area (Å²) >= 11 is 0. The second-order valence-electron chi connectivity index (χ2n) is 8.78. The molecule has 2 atom stereocenters. The zero-order chi connectivity index (χ0) is 22.0. The zero-order valence-electron chi connectivity index (χ0n) is 18.7. The van der Waals surface area contributed by atoms with Gasteiger partial charge in [-0.05, 0) is 56.0 Å². The highest BCUT2D eigenvalue weighted by Gasteiger charge is 2.39. The molecule has 1 aliphatic heterocycles. The molecule has 0 bridgehead atoms. The number of rotatable bonds is 4. The number of benzene rings is 2. The van der Waals surface area contributed by atoms with Gasteiger partial charge in [-0.3, -0.25) is 9.59 Å². The van der Waals surface area contributed by atoms with Crippen LogP contribution in [0.4, 0.5) is 5.69 Å². The molecule has 164 valence electrons. The maximum Gasteiger partial charge on any atom is 0.258 e. The third kappa shape index (κ3) is 4.18. The van der Waals surface area contributed by atoms with E-state index in [4.69, 9.17) is 4.74 Å². The number of anilines is 1. The fourth-order valence-corrected chi connectivity index (χ4v) is 5.34. The van der Waals surface area contributed by atoms with Crippen LogP contribution in [-0.2, 0) is 4.79 Å². The molecule has 1 heterocycles. The molecule has 31 heavy (non-hydrogen) atoms. The first-order chi connectivity index (χ1) is 15.0. The summed E-state index contributed by atoms with van der Waals surface area (Å²) in [6.07, 6.45) is 6.49. The van der Waals surface area contributed by atoms with Gasteiger partial charge in [-0.15, -0.1) is 0 Å². The Morgan fingerprint density at radius 2 is 1.77 bits per heavy atom. The van der Waals surface area contributed by atoms with Crippen LogP contribution in [0.3, 0.4) is 0 Å². The Morgan fingerprint density at radius 3 is 2.48 bits per heavy atom. The summed E-state index contributed by atoms with van der Waals surface area (Å²) in [5.74, 6) is 0.762. The van der Waals surface area contributed by atoms with E-state index in [9.17, 15) is 9.59 Å². The van der Waals surface area contributed by atoms with Gasteiger partial charge < -0.3 is 14.5 Å². The van der Waals surface area contributed by atoms with E-state index >= 15 is 0 Å². The molecule has 0 saturated heterocycles. The van der Waals surface area contributed by atoms with Crippen LogP contribution in [0.15, 0.2) is 48.5 Å². The molecule has 1 saturated carbocycles. The lowest BCUT2D eigenvalue weighted by molar-refractivity contribution is -0.135. The second-order valence-corrected chi connectivity index (χ2v) is 8.78. The molecule has 2 aromatic carbocycles. The SMILES string of the molecule is COc1cccc(C(=O)N2c3ccccc3[C@H](N(C(C)=O)C3CCCCC3)C[C@@H]2C)c1. The molecule has 0 aromatic heterocycles. The zero-order valence-corrected chi connectivity index (χ0v) is 18.7. The minimum absolute atomic E-state index is 0.00107. The van der Waals surface area contributed by atoms with Gasteiger partial charge in [-0.2, -0.15) is 0 Å². The Hall–Kier alpha value is -2.82. The molecular formula is C26H32N2O3. The van der Waals surface area contributed by atoms with Crippen molar-refractivity contribution >= 4 is 17.5 Å². The predicted molar refractivity (Wildman–Crippen MR) is 122 cm³/mol. The molecule has 0 radical (unpaired) electrons. The summed E-state index contributed by atoms with van der Waals surface area (Å²) < 4.78 is 5.32. The topological polar surface area (TPSA) is 49.9 Å². The van der Waals surface area contributed by atoms with Gasteiger partial charge in [0.05, 0.1) is 13.2 Å². The lowest BCUT2D eigenvalue weighted by Gasteiger charge is -2.46. The number of fused-ring (bicyclic) bond motifs is 1. The third-order valence-corrected chi connectivity index (χ3v) is 6.76. The highest BCUT2D eigenvalue weighted by atomic mass is 16.5. The Kier molecular flexibility index (Phi) is 6.30. The first-order valence-electron chi connectivity index (χ1n) is 11.4. The summed E-state index contributed by atoms with van der Waals surface area (Å²) in [5, 5.41) is 0. The maximum atomic E-state index is 13.5. The summed E-state index contributed by atoms with van der Waals surface area (Å²) in [4.78, 5) is 30.3. The van der Waals surface area contributed by atoms with Crippen LogP contribution in [0, 0.1) is 0 Å². The van der Waals surface area contributed by atoms with Gasteiger partial charge in [-0.25, -0.2) is 0 Å². The number of hydrogen-bond acceptors (Lipinski definition) is 3. The van der Waals surface area contributed by atoms with E-state index in [2.05, 4.69) is 17.9 Å². The van der Waals surface area contributed by atoms with Gasteiger partial charge in [0.2, 0.25) is 5.91 Å². The molecule has 2 amide bonds. The number of carbonyl (C=O) groups is 2.